The Morgan fingerprint density at radius 1 is 1.48 bits per heavy atom. The van der Waals surface area contributed by atoms with Crippen molar-refractivity contribution in [2.24, 2.45) is 0 Å². The molecule has 1 aliphatic carbocycles. The second-order valence-corrected chi connectivity index (χ2v) is 5.74. The Bertz CT molecular complexity index is 484. The molecule has 0 unspecified atom stereocenters. The summed E-state index contributed by atoms with van der Waals surface area (Å²) in [5.41, 5.74) is -0.455. The quantitative estimate of drug-likeness (QED) is 0.877. The highest BCUT2D eigenvalue weighted by molar-refractivity contribution is 5.68. The zero-order valence-corrected chi connectivity index (χ0v) is 12.1. The van der Waals surface area contributed by atoms with Gasteiger partial charge in [0.2, 0.25) is 0 Å². The van der Waals surface area contributed by atoms with Gasteiger partial charge in [0, 0.05) is 17.9 Å². The van der Waals surface area contributed by atoms with E-state index in [9.17, 15) is 18.7 Å². The minimum atomic E-state index is -2.63. The van der Waals surface area contributed by atoms with E-state index < -0.39 is 18.1 Å². The predicted octanol–water partition coefficient (Wildman–Crippen LogP) is 2.89. The SMILES string of the molecule is CN(Cc1nccn1C(F)F)C1(CC(=O)O)CCCCC1. The third-order valence-electron chi connectivity index (χ3n) is 4.41. The standard InChI is InChI=1S/C14H21F2N3O2/c1-18(10-11-17-7-8-19(11)13(15)16)14(9-12(20)21)5-3-2-4-6-14/h7-8,13H,2-6,9-10H2,1H3,(H,20,21). The Balaban J connectivity index is 2.16. The number of hydrogen-bond donors (Lipinski definition) is 1. The van der Waals surface area contributed by atoms with E-state index in [-0.39, 0.29) is 18.8 Å². The summed E-state index contributed by atoms with van der Waals surface area (Å²) in [6.07, 6.45) is 7.25. The summed E-state index contributed by atoms with van der Waals surface area (Å²) in [4.78, 5) is 17.1. The fourth-order valence-electron chi connectivity index (χ4n) is 3.21. The van der Waals surface area contributed by atoms with Crippen LogP contribution in [0.2, 0.25) is 0 Å². The maximum atomic E-state index is 12.9. The average Bonchev–Trinajstić information content (AvgIpc) is 2.87. The Labute approximate surface area is 122 Å². The van der Waals surface area contributed by atoms with Crippen LogP contribution >= 0.6 is 0 Å². The second-order valence-electron chi connectivity index (χ2n) is 5.74. The summed E-state index contributed by atoms with van der Waals surface area (Å²) < 4.78 is 26.6. The highest BCUT2D eigenvalue weighted by atomic mass is 19.3. The summed E-state index contributed by atoms with van der Waals surface area (Å²) in [6.45, 7) is -2.40. The van der Waals surface area contributed by atoms with Gasteiger partial charge in [0.25, 0.3) is 0 Å². The Morgan fingerprint density at radius 3 is 2.71 bits per heavy atom. The lowest BCUT2D eigenvalue weighted by atomic mass is 9.78. The number of carbonyl (C=O) groups is 1. The number of alkyl halides is 2. The number of hydrogen-bond acceptors (Lipinski definition) is 3. The normalized spacial score (nSPS) is 18.3. The molecule has 0 amide bonds. The van der Waals surface area contributed by atoms with E-state index in [2.05, 4.69) is 4.98 Å². The first-order chi connectivity index (χ1) is 9.94. The third-order valence-corrected chi connectivity index (χ3v) is 4.41. The molecule has 1 aliphatic rings. The van der Waals surface area contributed by atoms with Gasteiger partial charge in [0.05, 0.1) is 13.0 Å². The van der Waals surface area contributed by atoms with Crippen LogP contribution in [0.15, 0.2) is 12.4 Å². The lowest BCUT2D eigenvalue weighted by molar-refractivity contribution is -0.141. The van der Waals surface area contributed by atoms with Crippen LogP contribution < -0.4 is 0 Å². The lowest BCUT2D eigenvalue weighted by Gasteiger charge is -2.43. The van der Waals surface area contributed by atoms with Gasteiger partial charge >= 0.3 is 12.5 Å². The molecule has 1 heterocycles. The van der Waals surface area contributed by atoms with Crippen molar-refractivity contribution in [3.8, 4) is 0 Å². The van der Waals surface area contributed by atoms with Crippen molar-refractivity contribution >= 4 is 5.97 Å². The van der Waals surface area contributed by atoms with Crippen LogP contribution in [0.25, 0.3) is 0 Å². The van der Waals surface area contributed by atoms with E-state index in [1.54, 1.807) is 7.05 Å². The van der Waals surface area contributed by atoms with E-state index in [1.165, 1.54) is 12.4 Å². The molecule has 0 atom stereocenters. The molecule has 5 nitrogen and oxygen atoms in total. The van der Waals surface area contributed by atoms with Crippen molar-refractivity contribution in [2.75, 3.05) is 7.05 Å². The molecule has 1 aromatic heterocycles. The Morgan fingerprint density at radius 2 is 2.14 bits per heavy atom. The van der Waals surface area contributed by atoms with Gasteiger partial charge in [-0.1, -0.05) is 19.3 Å². The number of aliphatic carboxylic acids is 1. The van der Waals surface area contributed by atoms with Crippen LogP contribution in [0.1, 0.15) is 50.9 Å². The molecule has 0 spiro atoms. The van der Waals surface area contributed by atoms with Crippen molar-refractivity contribution in [1.29, 1.82) is 0 Å². The van der Waals surface area contributed by atoms with E-state index in [1.807, 2.05) is 4.90 Å². The molecule has 7 heteroatoms. The molecule has 1 aromatic rings. The number of aromatic nitrogens is 2. The predicted molar refractivity (Wildman–Crippen MR) is 73.0 cm³/mol. The van der Waals surface area contributed by atoms with Gasteiger partial charge in [-0.3, -0.25) is 14.3 Å². The molecular formula is C14H21F2N3O2. The number of nitrogens with zero attached hydrogens (tertiary/aromatic N) is 3. The lowest BCUT2D eigenvalue weighted by Crippen LogP contribution is -2.49. The van der Waals surface area contributed by atoms with Gasteiger partial charge in [-0.2, -0.15) is 8.78 Å². The minimum absolute atomic E-state index is 0.0406. The number of rotatable bonds is 6. The molecule has 0 aliphatic heterocycles. The number of imidazole rings is 1. The molecule has 2 rings (SSSR count). The van der Waals surface area contributed by atoms with Crippen LogP contribution in [0, 0.1) is 0 Å². The molecule has 0 bridgehead atoms. The second kappa shape index (κ2) is 6.51. The zero-order chi connectivity index (χ0) is 15.5. The van der Waals surface area contributed by atoms with Gasteiger partial charge < -0.3 is 5.11 Å². The van der Waals surface area contributed by atoms with E-state index in [0.29, 0.717) is 0 Å². The van der Waals surface area contributed by atoms with Gasteiger partial charge in [-0.15, -0.1) is 0 Å². The smallest absolute Gasteiger partial charge is 0.319 e. The molecule has 0 aromatic carbocycles. The first kappa shape index (κ1) is 15.9. The maximum absolute atomic E-state index is 12.9. The van der Waals surface area contributed by atoms with Crippen LogP contribution in [0.5, 0.6) is 0 Å². The van der Waals surface area contributed by atoms with E-state index in [0.717, 1.165) is 36.7 Å². The Kier molecular flexibility index (Phi) is 4.92. The molecule has 1 saturated carbocycles. The van der Waals surface area contributed by atoms with Crippen molar-refractivity contribution in [2.45, 2.75) is 57.2 Å². The van der Waals surface area contributed by atoms with Crippen molar-refractivity contribution in [3.63, 3.8) is 0 Å². The highest BCUT2D eigenvalue weighted by Crippen LogP contribution is 2.36. The largest absolute Gasteiger partial charge is 0.481 e. The van der Waals surface area contributed by atoms with Gasteiger partial charge in [-0.05, 0) is 19.9 Å². The van der Waals surface area contributed by atoms with Crippen LogP contribution in [-0.2, 0) is 11.3 Å². The Hall–Kier alpha value is -1.50. The maximum Gasteiger partial charge on any atom is 0.319 e. The summed E-state index contributed by atoms with van der Waals surface area (Å²) in [5, 5.41) is 9.18. The molecule has 0 saturated heterocycles. The van der Waals surface area contributed by atoms with Crippen LogP contribution in [0.4, 0.5) is 8.78 Å². The third kappa shape index (κ3) is 3.58. The molecule has 1 N–H and O–H groups in total. The summed E-state index contributed by atoms with van der Waals surface area (Å²) in [7, 11) is 1.80. The van der Waals surface area contributed by atoms with Gasteiger partial charge in [0.1, 0.15) is 5.82 Å². The summed E-state index contributed by atoms with van der Waals surface area (Å²) >= 11 is 0. The fraction of sp³-hybridized carbons (Fsp3) is 0.714. The number of carboxylic acid groups (broad SMARTS) is 1. The van der Waals surface area contributed by atoms with E-state index in [4.69, 9.17) is 0 Å². The number of carboxylic acids is 1. The fourth-order valence-corrected chi connectivity index (χ4v) is 3.21. The zero-order valence-electron chi connectivity index (χ0n) is 12.1. The minimum Gasteiger partial charge on any atom is -0.481 e. The topological polar surface area (TPSA) is 58.4 Å². The first-order valence-corrected chi connectivity index (χ1v) is 7.17. The van der Waals surface area contributed by atoms with Crippen LogP contribution in [0.3, 0.4) is 0 Å². The van der Waals surface area contributed by atoms with E-state index >= 15 is 0 Å². The first-order valence-electron chi connectivity index (χ1n) is 7.17. The van der Waals surface area contributed by atoms with Gasteiger partial charge in [-0.25, -0.2) is 4.98 Å². The molecule has 21 heavy (non-hydrogen) atoms. The molecule has 1 fully saturated rings. The van der Waals surface area contributed by atoms with Crippen LogP contribution in [-0.4, -0.2) is 38.1 Å². The van der Waals surface area contributed by atoms with Crippen molar-refractivity contribution in [1.82, 2.24) is 14.5 Å². The summed E-state index contributed by atoms with van der Waals surface area (Å²) in [5.74, 6) is -0.580. The van der Waals surface area contributed by atoms with Crippen molar-refractivity contribution < 1.29 is 18.7 Å². The molecule has 118 valence electrons. The summed E-state index contributed by atoms with van der Waals surface area (Å²) in [6, 6.07) is 0. The monoisotopic (exact) mass is 301 g/mol. The highest BCUT2D eigenvalue weighted by Gasteiger charge is 2.38. The average molecular weight is 301 g/mol. The molecular weight excluding hydrogens is 280 g/mol. The van der Waals surface area contributed by atoms with Gasteiger partial charge in [0.15, 0.2) is 0 Å². The van der Waals surface area contributed by atoms with Crippen molar-refractivity contribution in [3.05, 3.63) is 18.2 Å². The molecule has 0 radical (unpaired) electrons. The number of halogens is 2.